The molecule has 0 aliphatic rings. The van der Waals surface area contributed by atoms with Gasteiger partial charge in [0.1, 0.15) is 5.76 Å². The number of furan rings is 1. The van der Waals surface area contributed by atoms with Crippen molar-refractivity contribution in [3.63, 3.8) is 0 Å². The van der Waals surface area contributed by atoms with Crippen molar-refractivity contribution in [1.29, 1.82) is 0 Å². The largest absolute Gasteiger partial charge is 0.456 e. The summed E-state index contributed by atoms with van der Waals surface area (Å²) in [5.74, 6) is 1.13. The van der Waals surface area contributed by atoms with E-state index in [0.717, 1.165) is 28.9 Å². The Kier molecular flexibility index (Phi) is 4.80. The van der Waals surface area contributed by atoms with Crippen LogP contribution in [0.2, 0.25) is 0 Å². The molecular weight excluding hydrogens is 298 g/mol. The Morgan fingerprint density at radius 1 is 0.958 bits per heavy atom. The maximum absolute atomic E-state index is 12.6. The fraction of sp³-hybridized carbons (Fsp3) is 0.190. The number of rotatable bonds is 5. The third-order valence-electron chi connectivity index (χ3n) is 4.08. The molecule has 3 aromatic rings. The molecule has 0 saturated heterocycles. The second-order valence-corrected chi connectivity index (χ2v) is 5.80. The molecule has 0 unspecified atom stereocenters. The molecule has 0 aliphatic carbocycles. The molecular formula is C21H21NO2. The first-order chi connectivity index (χ1) is 11.7. The molecule has 0 radical (unpaired) electrons. The van der Waals surface area contributed by atoms with Gasteiger partial charge in [-0.3, -0.25) is 4.79 Å². The minimum atomic E-state index is -0.0995. The van der Waals surface area contributed by atoms with Gasteiger partial charge in [-0.25, -0.2) is 0 Å². The second-order valence-electron chi connectivity index (χ2n) is 5.80. The monoisotopic (exact) mass is 319 g/mol. The van der Waals surface area contributed by atoms with E-state index in [0.29, 0.717) is 12.3 Å². The summed E-state index contributed by atoms with van der Waals surface area (Å²) in [7, 11) is 1.80. The molecule has 0 spiro atoms. The summed E-state index contributed by atoms with van der Waals surface area (Å²) in [6.07, 6.45) is 0.786. The van der Waals surface area contributed by atoms with Crippen molar-refractivity contribution in [3.8, 4) is 11.1 Å². The van der Waals surface area contributed by atoms with Gasteiger partial charge in [0, 0.05) is 20.0 Å². The molecule has 3 nitrogen and oxygen atoms in total. The first-order valence-electron chi connectivity index (χ1n) is 8.16. The lowest BCUT2D eigenvalue weighted by Crippen LogP contribution is -2.26. The van der Waals surface area contributed by atoms with Gasteiger partial charge in [-0.2, -0.15) is 0 Å². The first kappa shape index (κ1) is 16.1. The number of nitrogens with zero attached hydrogens (tertiary/aromatic N) is 1. The molecule has 0 saturated carbocycles. The first-order valence-corrected chi connectivity index (χ1v) is 8.16. The van der Waals surface area contributed by atoms with Gasteiger partial charge in [0.2, 0.25) is 0 Å². The average Bonchev–Trinajstić information content (AvgIpc) is 3.11. The van der Waals surface area contributed by atoms with Crippen LogP contribution in [0.1, 0.15) is 28.8 Å². The van der Waals surface area contributed by atoms with Gasteiger partial charge in [0.15, 0.2) is 5.76 Å². The predicted octanol–water partition coefficient (Wildman–Crippen LogP) is 4.78. The van der Waals surface area contributed by atoms with Gasteiger partial charge in [0.25, 0.3) is 5.91 Å². The van der Waals surface area contributed by atoms with E-state index in [2.05, 4.69) is 24.3 Å². The molecule has 0 atom stereocenters. The Morgan fingerprint density at radius 2 is 1.67 bits per heavy atom. The van der Waals surface area contributed by atoms with E-state index in [1.165, 1.54) is 0 Å². The highest BCUT2D eigenvalue weighted by Crippen LogP contribution is 2.24. The summed E-state index contributed by atoms with van der Waals surface area (Å²) >= 11 is 0. The minimum absolute atomic E-state index is 0.0995. The number of carbonyl (C=O) groups excluding carboxylic acids is 1. The quantitative estimate of drug-likeness (QED) is 0.678. The highest BCUT2D eigenvalue weighted by atomic mass is 16.4. The van der Waals surface area contributed by atoms with Crippen LogP contribution < -0.4 is 0 Å². The van der Waals surface area contributed by atoms with E-state index >= 15 is 0 Å². The summed E-state index contributed by atoms with van der Waals surface area (Å²) in [6.45, 7) is 2.54. The number of hydrogen-bond donors (Lipinski definition) is 0. The number of amides is 1. The molecule has 122 valence electrons. The van der Waals surface area contributed by atoms with Crippen molar-refractivity contribution >= 4 is 5.91 Å². The van der Waals surface area contributed by atoms with Gasteiger partial charge in [-0.1, -0.05) is 61.5 Å². The van der Waals surface area contributed by atoms with E-state index in [4.69, 9.17) is 4.42 Å². The van der Waals surface area contributed by atoms with Crippen LogP contribution in [0, 0.1) is 0 Å². The molecule has 0 aliphatic heterocycles. The summed E-state index contributed by atoms with van der Waals surface area (Å²) in [5, 5.41) is 0. The molecule has 2 aromatic carbocycles. The third kappa shape index (κ3) is 3.40. The zero-order valence-electron chi connectivity index (χ0n) is 14.0. The highest BCUT2D eigenvalue weighted by Gasteiger charge is 2.17. The van der Waals surface area contributed by atoms with Gasteiger partial charge in [0.05, 0.1) is 0 Å². The summed E-state index contributed by atoms with van der Waals surface area (Å²) in [5.41, 5.74) is 3.41. The van der Waals surface area contributed by atoms with Gasteiger partial charge >= 0.3 is 0 Å². The van der Waals surface area contributed by atoms with Crippen LogP contribution in [0.15, 0.2) is 71.1 Å². The molecule has 1 amide bonds. The van der Waals surface area contributed by atoms with Crippen molar-refractivity contribution in [3.05, 3.63) is 83.8 Å². The molecule has 24 heavy (non-hydrogen) atoms. The van der Waals surface area contributed by atoms with Crippen molar-refractivity contribution in [2.45, 2.75) is 19.9 Å². The van der Waals surface area contributed by atoms with Crippen molar-refractivity contribution in [1.82, 2.24) is 4.90 Å². The highest BCUT2D eigenvalue weighted by molar-refractivity contribution is 5.91. The topological polar surface area (TPSA) is 33.5 Å². The van der Waals surface area contributed by atoms with Crippen LogP contribution in [0.25, 0.3) is 11.1 Å². The molecule has 0 fully saturated rings. The third-order valence-corrected chi connectivity index (χ3v) is 4.08. The van der Waals surface area contributed by atoms with Crippen LogP contribution in [0.4, 0.5) is 0 Å². The maximum Gasteiger partial charge on any atom is 0.289 e. The van der Waals surface area contributed by atoms with Crippen LogP contribution in [0.5, 0.6) is 0 Å². The predicted molar refractivity (Wildman–Crippen MR) is 95.8 cm³/mol. The zero-order valence-corrected chi connectivity index (χ0v) is 14.0. The van der Waals surface area contributed by atoms with E-state index in [9.17, 15) is 4.79 Å². The molecule has 3 rings (SSSR count). The van der Waals surface area contributed by atoms with Crippen molar-refractivity contribution in [2.75, 3.05) is 7.05 Å². The van der Waals surface area contributed by atoms with E-state index in [-0.39, 0.29) is 5.91 Å². The number of carbonyl (C=O) groups is 1. The van der Waals surface area contributed by atoms with E-state index < -0.39 is 0 Å². The minimum Gasteiger partial charge on any atom is -0.456 e. The van der Waals surface area contributed by atoms with Gasteiger partial charge < -0.3 is 9.32 Å². The zero-order chi connectivity index (χ0) is 16.9. The van der Waals surface area contributed by atoms with Gasteiger partial charge in [-0.15, -0.1) is 0 Å². The fourth-order valence-corrected chi connectivity index (χ4v) is 2.76. The number of aryl methyl sites for hydroxylation is 1. The molecule has 0 bridgehead atoms. The fourth-order valence-electron chi connectivity index (χ4n) is 2.76. The number of benzene rings is 2. The SMILES string of the molecule is CCc1ccc(C(=O)N(C)Cc2ccccc2-c2ccccc2)o1. The summed E-state index contributed by atoms with van der Waals surface area (Å²) in [6, 6.07) is 22.0. The van der Waals surface area contributed by atoms with Crippen LogP contribution in [-0.4, -0.2) is 17.9 Å². The van der Waals surface area contributed by atoms with Crippen LogP contribution >= 0.6 is 0 Å². The Hall–Kier alpha value is -2.81. The van der Waals surface area contributed by atoms with Crippen LogP contribution in [0.3, 0.4) is 0 Å². The molecule has 1 heterocycles. The summed E-state index contributed by atoms with van der Waals surface area (Å²) in [4.78, 5) is 14.3. The Morgan fingerprint density at radius 3 is 2.38 bits per heavy atom. The average molecular weight is 319 g/mol. The lowest BCUT2D eigenvalue weighted by molar-refractivity contribution is 0.0752. The number of hydrogen-bond acceptors (Lipinski definition) is 2. The summed E-state index contributed by atoms with van der Waals surface area (Å²) < 4.78 is 5.58. The van der Waals surface area contributed by atoms with E-state index in [1.54, 1.807) is 18.0 Å². The normalized spacial score (nSPS) is 10.6. The molecule has 1 aromatic heterocycles. The molecule has 3 heteroatoms. The maximum atomic E-state index is 12.6. The van der Waals surface area contributed by atoms with Crippen LogP contribution in [-0.2, 0) is 13.0 Å². The standard InChI is InChI=1S/C21H21NO2/c1-3-18-13-14-20(24-18)21(23)22(2)15-17-11-7-8-12-19(17)16-9-5-4-6-10-16/h4-14H,3,15H2,1-2H3. The van der Waals surface area contributed by atoms with E-state index in [1.807, 2.05) is 43.3 Å². The lowest BCUT2D eigenvalue weighted by atomic mass is 9.99. The second kappa shape index (κ2) is 7.18. The molecule has 0 N–H and O–H groups in total. The lowest BCUT2D eigenvalue weighted by Gasteiger charge is -2.18. The van der Waals surface area contributed by atoms with Crippen molar-refractivity contribution < 1.29 is 9.21 Å². The Labute approximate surface area is 142 Å². The Bertz CT molecular complexity index is 821. The van der Waals surface area contributed by atoms with Gasteiger partial charge in [-0.05, 0) is 28.8 Å². The smallest absolute Gasteiger partial charge is 0.289 e. The Balaban J connectivity index is 1.82. The van der Waals surface area contributed by atoms with Crippen molar-refractivity contribution in [2.24, 2.45) is 0 Å².